The molecule has 122 valence electrons. The molecule has 21 heavy (non-hydrogen) atoms. The molecule has 0 aliphatic heterocycles. The zero-order chi connectivity index (χ0) is 17.4. The Morgan fingerprint density at radius 3 is 1.52 bits per heavy atom. The van der Waals surface area contributed by atoms with Gasteiger partial charge in [-0.05, 0) is 0 Å². The van der Waals surface area contributed by atoms with E-state index in [2.05, 4.69) is 0 Å². The van der Waals surface area contributed by atoms with Gasteiger partial charge in [-0.15, -0.1) is 0 Å². The summed E-state index contributed by atoms with van der Waals surface area (Å²) in [6.07, 6.45) is 0. The van der Waals surface area contributed by atoms with Crippen molar-refractivity contribution in [2.75, 3.05) is 6.67 Å². The fraction of sp³-hybridized carbons (Fsp3) is 0.700. The highest BCUT2D eigenvalue weighted by Gasteiger charge is 2.71. The van der Waals surface area contributed by atoms with Gasteiger partial charge in [0.05, 0.1) is 5.41 Å². The van der Waals surface area contributed by atoms with Crippen LogP contribution < -0.4 is 5.11 Å². The maximum absolute atomic E-state index is 13.3. The van der Waals surface area contributed by atoms with E-state index in [1.165, 1.54) is 0 Å². The van der Waals surface area contributed by atoms with Crippen molar-refractivity contribution in [2.45, 2.75) is 31.6 Å². The van der Waals surface area contributed by atoms with E-state index in [9.17, 15) is 50.2 Å². The van der Waals surface area contributed by atoms with Crippen molar-refractivity contribution in [3.63, 3.8) is 0 Å². The van der Waals surface area contributed by atoms with E-state index in [0.717, 1.165) is 0 Å². The van der Waals surface area contributed by atoms with Crippen LogP contribution >= 0.6 is 0 Å². The fourth-order valence-electron chi connectivity index (χ4n) is 1.06. The van der Waals surface area contributed by atoms with Crippen LogP contribution in [0.5, 0.6) is 0 Å². The molecule has 0 N–H and O–H groups in total. The summed E-state index contributed by atoms with van der Waals surface area (Å²) in [6.45, 7) is -0.756. The zero-order valence-electron chi connectivity index (χ0n) is 10.5. The number of carboxylic acids is 1. The van der Waals surface area contributed by atoms with Crippen molar-refractivity contribution in [2.24, 2.45) is 5.41 Å². The molecular weight excluding hydrogens is 317 g/mol. The second-order valence-electron chi connectivity index (χ2n) is 4.69. The molecule has 0 aliphatic carbocycles. The molecule has 0 atom stereocenters. The molecule has 0 heterocycles. The molecule has 0 aromatic heterocycles. The lowest BCUT2D eigenvalue weighted by molar-refractivity contribution is -0.345. The number of halogens is 7. The van der Waals surface area contributed by atoms with Crippen LogP contribution in [0.3, 0.4) is 0 Å². The lowest BCUT2D eigenvalue weighted by Crippen LogP contribution is -2.63. The Morgan fingerprint density at radius 2 is 1.24 bits per heavy atom. The van der Waals surface area contributed by atoms with Crippen molar-refractivity contribution >= 4 is 17.5 Å². The van der Waals surface area contributed by atoms with Crippen LogP contribution in [-0.4, -0.2) is 42.0 Å². The number of rotatable bonds is 7. The van der Waals surface area contributed by atoms with Crippen molar-refractivity contribution in [1.29, 1.82) is 0 Å². The Kier molecular flexibility index (Phi) is 4.84. The molecule has 11 heteroatoms. The quantitative estimate of drug-likeness (QED) is 0.512. The van der Waals surface area contributed by atoms with Crippen molar-refractivity contribution < 1.29 is 50.2 Å². The van der Waals surface area contributed by atoms with Gasteiger partial charge >= 0.3 is 17.8 Å². The number of alkyl halides is 7. The average Bonchev–Trinajstić information content (AvgIpc) is 2.36. The molecule has 0 saturated heterocycles. The van der Waals surface area contributed by atoms with E-state index >= 15 is 0 Å². The number of carboxylic acid groups (broad SMARTS) is 1. The maximum Gasteiger partial charge on any atom is 0.379 e. The van der Waals surface area contributed by atoms with Gasteiger partial charge in [-0.1, -0.05) is 13.8 Å². The van der Waals surface area contributed by atoms with E-state index in [-0.39, 0.29) is 0 Å². The summed E-state index contributed by atoms with van der Waals surface area (Å²) < 4.78 is 90.0. The van der Waals surface area contributed by atoms with Crippen molar-refractivity contribution in [1.82, 2.24) is 0 Å². The van der Waals surface area contributed by atoms with Crippen LogP contribution in [0.1, 0.15) is 13.8 Å². The normalized spacial score (nSPS) is 14.0. The lowest BCUT2D eigenvalue weighted by atomic mass is 9.83. The van der Waals surface area contributed by atoms with E-state index in [1.807, 2.05) is 0 Å². The molecule has 0 aromatic rings. The number of carbonyl (C=O) groups is 3. The Hall–Kier alpha value is -1.68. The third-order valence-corrected chi connectivity index (χ3v) is 2.45. The number of aliphatic carboxylic acids is 1. The minimum absolute atomic E-state index is 0.519. The van der Waals surface area contributed by atoms with E-state index in [0.29, 0.717) is 13.8 Å². The van der Waals surface area contributed by atoms with Crippen LogP contribution in [-0.2, 0) is 14.4 Å². The number of hydrogen-bond acceptors (Lipinski definition) is 4. The zero-order valence-corrected chi connectivity index (χ0v) is 10.5. The molecular formula is C10H8F7O4-. The number of ketones is 2. The maximum atomic E-state index is 13.3. The minimum Gasteiger partial charge on any atom is -0.544 e. The Labute approximate surface area is 112 Å². The summed E-state index contributed by atoms with van der Waals surface area (Å²) in [7, 11) is 0. The smallest absolute Gasteiger partial charge is 0.379 e. The van der Waals surface area contributed by atoms with E-state index in [4.69, 9.17) is 0 Å². The average molecular weight is 325 g/mol. The summed E-state index contributed by atoms with van der Waals surface area (Å²) in [6, 6.07) is 0. The standard InChI is InChI=1S/C10H9F7O4/c1-7(2,3-11)4(18)8(12,13)5(19)9(14,15)10(16,17)6(20)21/h3H2,1-2H3,(H,20,21)/p-1. The first kappa shape index (κ1) is 19.3. The van der Waals surface area contributed by atoms with E-state index < -0.39 is 47.4 Å². The van der Waals surface area contributed by atoms with Crippen molar-refractivity contribution in [3.05, 3.63) is 0 Å². The van der Waals surface area contributed by atoms with Crippen molar-refractivity contribution in [3.8, 4) is 0 Å². The summed E-state index contributed by atoms with van der Waals surface area (Å²) in [5.74, 6) is -28.8. The van der Waals surface area contributed by atoms with Gasteiger partial charge in [0.1, 0.15) is 12.6 Å². The summed E-state index contributed by atoms with van der Waals surface area (Å²) in [5.41, 5.74) is -2.62. The molecule has 0 radical (unpaired) electrons. The van der Waals surface area contributed by atoms with Gasteiger partial charge in [0.15, 0.2) is 0 Å². The predicted molar refractivity (Wildman–Crippen MR) is 49.6 cm³/mol. The highest BCUT2D eigenvalue weighted by molar-refractivity contribution is 6.14. The minimum atomic E-state index is -6.42. The van der Waals surface area contributed by atoms with Gasteiger partial charge in [0, 0.05) is 0 Å². The Bertz CT molecular complexity index is 470. The number of Topliss-reactive ketones (excluding diaryl/α,β-unsaturated/α-hetero) is 2. The lowest BCUT2D eigenvalue weighted by Gasteiger charge is -2.30. The van der Waals surface area contributed by atoms with Crippen LogP contribution in [0.2, 0.25) is 0 Å². The first-order valence-corrected chi connectivity index (χ1v) is 5.07. The number of hydrogen-bond donors (Lipinski definition) is 0. The largest absolute Gasteiger partial charge is 0.544 e. The Morgan fingerprint density at radius 1 is 0.857 bits per heavy atom. The van der Waals surface area contributed by atoms with Crippen LogP contribution in [0.4, 0.5) is 30.7 Å². The third-order valence-electron chi connectivity index (χ3n) is 2.45. The van der Waals surface area contributed by atoms with Gasteiger partial charge in [-0.25, -0.2) is 0 Å². The second kappa shape index (κ2) is 5.26. The second-order valence-corrected chi connectivity index (χ2v) is 4.69. The molecule has 0 unspecified atom stereocenters. The van der Waals surface area contributed by atoms with Gasteiger partial charge in [-0.3, -0.25) is 14.0 Å². The predicted octanol–water partition coefficient (Wildman–Crippen LogP) is 0.776. The van der Waals surface area contributed by atoms with Gasteiger partial charge in [0.2, 0.25) is 5.78 Å². The van der Waals surface area contributed by atoms with Gasteiger partial charge in [0.25, 0.3) is 5.78 Å². The molecule has 0 fully saturated rings. The molecule has 0 bridgehead atoms. The van der Waals surface area contributed by atoms with E-state index in [1.54, 1.807) is 0 Å². The first-order valence-electron chi connectivity index (χ1n) is 5.07. The Balaban J connectivity index is 5.81. The van der Waals surface area contributed by atoms with Crippen LogP contribution in [0.15, 0.2) is 0 Å². The molecule has 4 nitrogen and oxygen atoms in total. The molecule has 0 saturated carbocycles. The third kappa shape index (κ3) is 3.00. The molecule has 0 spiro atoms. The highest BCUT2D eigenvalue weighted by Crippen LogP contribution is 2.41. The highest BCUT2D eigenvalue weighted by atomic mass is 19.3. The first-order chi connectivity index (χ1) is 9.06. The van der Waals surface area contributed by atoms with Crippen LogP contribution in [0, 0.1) is 5.41 Å². The molecule has 0 amide bonds. The van der Waals surface area contributed by atoms with Crippen LogP contribution in [0.25, 0.3) is 0 Å². The number of carbonyl (C=O) groups excluding carboxylic acids is 3. The summed E-state index contributed by atoms with van der Waals surface area (Å²) in [4.78, 5) is 31.8. The monoisotopic (exact) mass is 325 g/mol. The van der Waals surface area contributed by atoms with Gasteiger partial charge < -0.3 is 9.90 Å². The van der Waals surface area contributed by atoms with Gasteiger partial charge in [-0.2, -0.15) is 26.3 Å². The summed E-state index contributed by atoms with van der Waals surface area (Å²) >= 11 is 0. The molecule has 0 aromatic carbocycles. The topological polar surface area (TPSA) is 74.3 Å². The summed E-state index contributed by atoms with van der Waals surface area (Å²) in [5, 5.41) is 9.84. The molecule has 0 aliphatic rings. The SMILES string of the molecule is CC(C)(CF)C(=O)C(F)(F)C(=O)C(F)(F)C(F)(F)C(=O)[O-]. The fourth-order valence-corrected chi connectivity index (χ4v) is 1.06. The molecule has 0 rings (SSSR count).